The van der Waals surface area contributed by atoms with E-state index in [9.17, 15) is 0 Å². The SMILES string of the molecule is c1ccc(COC2[C@H]3OCO[C@@H]2[C@@H](OCc2ccccc2)C[C@H]3OCc2ccccc2)cc1. The van der Waals surface area contributed by atoms with E-state index in [1.54, 1.807) is 0 Å². The first-order chi connectivity index (χ1) is 16.4. The highest BCUT2D eigenvalue weighted by atomic mass is 16.7. The minimum atomic E-state index is -0.269. The lowest BCUT2D eigenvalue weighted by atomic mass is 9.85. The predicted molar refractivity (Wildman–Crippen MR) is 124 cm³/mol. The van der Waals surface area contributed by atoms with Gasteiger partial charge in [0.2, 0.25) is 0 Å². The van der Waals surface area contributed by atoms with Crippen LogP contribution < -0.4 is 0 Å². The minimum absolute atomic E-state index is 0.146. The maximum absolute atomic E-state index is 6.39. The summed E-state index contributed by atoms with van der Waals surface area (Å²) < 4.78 is 31.2. The molecule has 2 fully saturated rings. The van der Waals surface area contributed by atoms with E-state index in [0.717, 1.165) is 16.7 Å². The summed E-state index contributed by atoms with van der Waals surface area (Å²) in [6.45, 7) is 1.75. The van der Waals surface area contributed by atoms with E-state index in [2.05, 4.69) is 36.4 Å². The molecule has 33 heavy (non-hydrogen) atoms. The van der Waals surface area contributed by atoms with Crippen LogP contribution in [-0.2, 0) is 43.5 Å². The Hall–Kier alpha value is -2.54. The fourth-order valence-electron chi connectivity index (χ4n) is 4.55. The Balaban J connectivity index is 1.31. The Bertz CT molecular complexity index is 908. The zero-order valence-corrected chi connectivity index (χ0v) is 18.6. The van der Waals surface area contributed by atoms with Crippen LogP contribution in [0, 0.1) is 0 Å². The van der Waals surface area contributed by atoms with Gasteiger partial charge in [-0.2, -0.15) is 0 Å². The van der Waals surface area contributed by atoms with Gasteiger partial charge in [0, 0.05) is 6.42 Å². The zero-order chi connectivity index (χ0) is 22.3. The molecule has 1 unspecified atom stereocenters. The van der Waals surface area contributed by atoms with Crippen molar-refractivity contribution in [1.29, 1.82) is 0 Å². The van der Waals surface area contributed by atoms with Crippen LogP contribution >= 0.6 is 0 Å². The summed E-state index contributed by atoms with van der Waals surface area (Å²) in [5.41, 5.74) is 3.38. The summed E-state index contributed by atoms with van der Waals surface area (Å²) in [7, 11) is 0. The molecule has 1 saturated carbocycles. The molecule has 0 N–H and O–H groups in total. The molecule has 3 aromatic rings. The first-order valence-electron chi connectivity index (χ1n) is 11.6. The first kappa shape index (κ1) is 22.3. The monoisotopic (exact) mass is 446 g/mol. The van der Waals surface area contributed by atoms with Gasteiger partial charge in [-0.15, -0.1) is 0 Å². The molecule has 1 heterocycles. The quantitative estimate of drug-likeness (QED) is 0.468. The van der Waals surface area contributed by atoms with Crippen molar-refractivity contribution in [2.75, 3.05) is 6.79 Å². The molecule has 5 nitrogen and oxygen atoms in total. The average molecular weight is 447 g/mol. The normalized spacial score (nSPS) is 26.7. The van der Waals surface area contributed by atoms with Gasteiger partial charge in [0.15, 0.2) is 0 Å². The summed E-state index contributed by atoms with van der Waals surface area (Å²) in [4.78, 5) is 0. The highest BCUT2D eigenvalue weighted by Gasteiger charge is 2.51. The van der Waals surface area contributed by atoms with Crippen LogP contribution in [-0.4, -0.2) is 37.3 Å². The molecule has 0 spiro atoms. The molecule has 3 aromatic carbocycles. The molecule has 1 aliphatic heterocycles. The lowest BCUT2D eigenvalue weighted by molar-refractivity contribution is -0.316. The van der Waals surface area contributed by atoms with Gasteiger partial charge in [-0.1, -0.05) is 91.0 Å². The molecular weight excluding hydrogens is 416 g/mol. The van der Waals surface area contributed by atoms with Crippen molar-refractivity contribution in [2.24, 2.45) is 0 Å². The largest absolute Gasteiger partial charge is 0.371 e. The van der Waals surface area contributed by atoms with Crippen LogP contribution in [0.25, 0.3) is 0 Å². The molecule has 0 aromatic heterocycles. The van der Waals surface area contributed by atoms with Crippen LogP contribution in [0.4, 0.5) is 0 Å². The smallest absolute Gasteiger partial charge is 0.148 e. The predicted octanol–water partition coefficient (Wildman–Crippen LogP) is 4.89. The number of fused-ring (bicyclic) bond motifs is 2. The van der Waals surface area contributed by atoms with Gasteiger partial charge in [0.1, 0.15) is 25.1 Å². The van der Waals surface area contributed by atoms with Gasteiger partial charge in [0.05, 0.1) is 32.0 Å². The highest BCUT2D eigenvalue weighted by molar-refractivity contribution is 5.15. The third kappa shape index (κ3) is 5.69. The average Bonchev–Trinajstić information content (AvgIpc) is 2.88. The van der Waals surface area contributed by atoms with Gasteiger partial charge >= 0.3 is 0 Å². The molecule has 2 aliphatic rings. The molecule has 172 valence electrons. The summed E-state index contributed by atoms with van der Waals surface area (Å²) in [6.07, 6.45) is -0.270. The van der Waals surface area contributed by atoms with E-state index < -0.39 is 0 Å². The van der Waals surface area contributed by atoms with Crippen molar-refractivity contribution >= 4 is 0 Å². The molecule has 0 amide bonds. The standard InChI is InChI=1S/C28H30O5/c1-4-10-21(11-5-1)17-29-24-16-25(30-18-22-12-6-2-7-13-22)27-28(26(24)32-20-33-27)31-19-23-14-8-3-9-15-23/h1-15,24-28H,16-20H2/t24-,25+,26+,27-,28?. The molecule has 5 heteroatoms. The third-order valence-electron chi connectivity index (χ3n) is 6.27. The Morgan fingerprint density at radius 2 is 0.939 bits per heavy atom. The molecular formula is C28H30O5. The van der Waals surface area contributed by atoms with Crippen LogP contribution in [0.1, 0.15) is 23.1 Å². The summed E-state index contributed by atoms with van der Waals surface area (Å²) in [5.74, 6) is 0. The molecule has 5 atom stereocenters. The summed E-state index contributed by atoms with van der Waals surface area (Å²) >= 11 is 0. The van der Waals surface area contributed by atoms with Crippen molar-refractivity contribution < 1.29 is 23.7 Å². The first-order valence-corrected chi connectivity index (χ1v) is 11.6. The van der Waals surface area contributed by atoms with E-state index in [1.165, 1.54) is 0 Å². The van der Waals surface area contributed by atoms with E-state index in [4.69, 9.17) is 23.7 Å². The van der Waals surface area contributed by atoms with Crippen LogP contribution in [0.5, 0.6) is 0 Å². The molecule has 5 rings (SSSR count). The second kappa shape index (κ2) is 11.1. The van der Waals surface area contributed by atoms with Gasteiger partial charge in [0.25, 0.3) is 0 Å². The number of ether oxygens (including phenoxy) is 5. The lowest BCUT2D eigenvalue weighted by Crippen LogP contribution is -2.63. The van der Waals surface area contributed by atoms with Gasteiger partial charge in [-0.25, -0.2) is 0 Å². The maximum Gasteiger partial charge on any atom is 0.148 e. The third-order valence-corrected chi connectivity index (χ3v) is 6.27. The van der Waals surface area contributed by atoms with Crippen molar-refractivity contribution in [3.63, 3.8) is 0 Å². The van der Waals surface area contributed by atoms with Gasteiger partial charge in [-0.3, -0.25) is 0 Å². The Kier molecular flexibility index (Phi) is 7.46. The Morgan fingerprint density at radius 1 is 0.545 bits per heavy atom. The van der Waals surface area contributed by atoms with Crippen molar-refractivity contribution in [3.8, 4) is 0 Å². The topological polar surface area (TPSA) is 46.2 Å². The molecule has 2 bridgehead atoms. The Labute approximate surface area is 195 Å². The number of benzene rings is 3. The summed E-state index contributed by atoms with van der Waals surface area (Å²) in [5, 5.41) is 0. The van der Waals surface area contributed by atoms with Crippen molar-refractivity contribution in [1.82, 2.24) is 0 Å². The molecule has 1 saturated heterocycles. The maximum atomic E-state index is 6.39. The second-order valence-electron chi connectivity index (χ2n) is 8.55. The Morgan fingerprint density at radius 3 is 1.36 bits per heavy atom. The van der Waals surface area contributed by atoms with Crippen LogP contribution in [0.2, 0.25) is 0 Å². The molecule has 0 radical (unpaired) electrons. The van der Waals surface area contributed by atoms with E-state index in [0.29, 0.717) is 26.2 Å². The van der Waals surface area contributed by atoms with Gasteiger partial charge < -0.3 is 23.7 Å². The fraction of sp³-hybridized carbons (Fsp3) is 0.357. The second-order valence-corrected chi connectivity index (χ2v) is 8.55. The van der Waals surface area contributed by atoms with Gasteiger partial charge in [-0.05, 0) is 16.7 Å². The zero-order valence-electron chi connectivity index (χ0n) is 18.6. The highest BCUT2D eigenvalue weighted by Crippen LogP contribution is 2.35. The number of hydrogen-bond donors (Lipinski definition) is 0. The van der Waals surface area contributed by atoms with Crippen molar-refractivity contribution in [2.45, 2.75) is 56.8 Å². The van der Waals surface area contributed by atoms with Crippen molar-refractivity contribution in [3.05, 3.63) is 108 Å². The van der Waals surface area contributed by atoms with Crippen LogP contribution in [0.3, 0.4) is 0 Å². The van der Waals surface area contributed by atoms with E-state index in [-0.39, 0.29) is 37.3 Å². The minimum Gasteiger partial charge on any atom is -0.371 e. The fourth-order valence-corrected chi connectivity index (χ4v) is 4.55. The van der Waals surface area contributed by atoms with Crippen LogP contribution in [0.15, 0.2) is 91.0 Å². The number of rotatable bonds is 9. The molecule has 1 aliphatic carbocycles. The lowest BCUT2D eigenvalue weighted by Gasteiger charge is -2.48. The number of hydrogen-bond acceptors (Lipinski definition) is 5. The summed E-state index contributed by atoms with van der Waals surface area (Å²) in [6, 6.07) is 30.6. The van der Waals surface area contributed by atoms with E-state index in [1.807, 2.05) is 54.6 Å². The van der Waals surface area contributed by atoms with E-state index >= 15 is 0 Å².